The van der Waals surface area contributed by atoms with Crippen molar-refractivity contribution in [3.8, 4) is 0 Å². The van der Waals surface area contributed by atoms with Gasteiger partial charge < -0.3 is 24.7 Å². The zero-order chi connectivity index (χ0) is 30.7. The summed E-state index contributed by atoms with van der Waals surface area (Å²) in [7, 11) is -4.10. The van der Waals surface area contributed by atoms with Crippen molar-refractivity contribution in [3.05, 3.63) is 40.3 Å². The molecule has 0 aliphatic rings. The van der Waals surface area contributed by atoms with Crippen molar-refractivity contribution in [3.63, 3.8) is 0 Å². The highest BCUT2D eigenvalue weighted by Crippen LogP contribution is 2.22. The molecular formula is C26H36BrN8O5SSi. The van der Waals surface area contributed by atoms with Crippen LogP contribution in [0.15, 0.2) is 34.0 Å². The Morgan fingerprint density at radius 3 is 2.62 bits per heavy atom. The van der Waals surface area contributed by atoms with Gasteiger partial charge in [-0.2, -0.15) is 19.6 Å². The third kappa shape index (κ3) is 8.26. The molecule has 0 atom stereocenters. The Morgan fingerprint density at radius 1 is 1.17 bits per heavy atom. The number of ether oxygens (including phenoxy) is 2. The van der Waals surface area contributed by atoms with Gasteiger partial charge in [-0.15, -0.1) is 0 Å². The van der Waals surface area contributed by atoms with Gasteiger partial charge in [-0.3, -0.25) is 0 Å². The fourth-order valence-corrected chi connectivity index (χ4v) is 5.38. The third-order valence-corrected chi connectivity index (χ3v) is 8.59. The Labute approximate surface area is 255 Å². The molecule has 0 saturated carbocycles. The molecule has 2 N–H and O–H groups in total. The van der Waals surface area contributed by atoms with Crippen molar-refractivity contribution in [2.75, 3.05) is 24.7 Å². The van der Waals surface area contributed by atoms with Crippen molar-refractivity contribution in [2.45, 2.75) is 70.4 Å². The minimum absolute atomic E-state index is 0.212. The normalized spacial score (nSPS) is 12.4. The maximum atomic E-state index is 12.2. The number of benzene rings is 1. The Kier molecular flexibility index (Phi) is 9.90. The molecule has 3 heterocycles. The molecule has 0 unspecified atom stereocenters. The minimum Gasteiger partial charge on any atom is -0.444 e. The number of fused-ring (bicyclic) bond motifs is 2. The first-order valence-electron chi connectivity index (χ1n) is 13.4. The van der Waals surface area contributed by atoms with E-state index in [0.29, 0.717) is 42.2 Å². The lowest BCUT2D eigenvalue weighted by molar-refractivity contribution is 0.0528. The number of carbonyl (C=O) groups excluding carboxylic acids is 1. The predicted octanol–water partition coefficient (Wildman–Crippen LogP) is 4.05. The fourth-order valence-electron chi connectivity index (χ4n) is 3.98. The van der Waals surface area contributed by atoms with E-state index in [-0.39, 0.29) is 17.6 Å². The van der Waals surface area contributed by atoms with Crippen molar-refractivity contribution < 1.29 is 22.7 Å². The highest BCUT2D eigenvalue weighted by molar-refractivity contribution is 9.10. The van der Waals surface area contributed by atoms with Crippen LogP contribution >= 0.6 is 15.9 Å². The van der Waals surface area contributed by atoms with Crippen LogP contribution < -0.4 is 10.6 Å². The number of anilines is 1. The van der Waals surface area contributed by atoms with Crippen LogP contribution in [-0.4, -0.2) is 77.4 Å². The molecule has 1 amide bonds. The summed E-state index contributed by atoms with van der Waals surface area (Å²) in [5.41, 5.74) is 2.44. The van der Waals surface area contributed by atoms with Gasteiger partial charge in [-0.25, -0.2) is 18.2 Å². The molecule has 1 radical (unpaired) electrons. The number of sulfone groups is 1. The summed E-state index contributed by atoms with van der Waals surface area (Å²) in [6, 6.07) is 6.97. The number of hydrogen-bond acceptors (Lipinski definition) is 10. The lowest BCUT2D eigenvalue weighted by Gasteiger charge is -2.19. The molecule has 4 rings (SSSR count). The molecule has 4 aromatic rings. The Morgan fingerprint density at radius 2 is 1.93 bits per heavy atom. The van der Waals surface area contributed by atoms with E-state index in [9.17, 15) is 13.2 Å². The molecule has 16 heteroatoms. The number of hydrogen-bond donors (Lipinski definition) is 2. The van der Waals surface area contributed by atoms with E-state index in [2.05, 4.69) is 54.7 Å². The maximum absolute atomic E-state index is 12.2. The quantitative estimate of drug-likeness (QED) is 0.166. The van der Waals surface area contributed by atoms with Crippen LogP contribution in [0.25, 0.3) is 16.7 Å². The third-order valence-electron chi connectivity index (χ3n) is 5.98. The number of aromatic nitrogens is 6. The van der Waals surface area contributed by atoms with Crippen LogP contribution in [0.1, 0.15) is 32.2 Å². The molecule has 13 nitrogen and oxygen atoms in total. The standard InChI is InChI=1S/C26H36BrN8O5SSi/c1-26(2,3)40-25(36)28-10-9-17-7-8-19-20(13-17)34(16-39-11-12-42(5)6)21(31-19)15-29-23-33-24(41(4,37)38)32-22-18(27)14-30-35(22)23/h7-8,13-14H,9-12,15-16H2,1-6H3,(H,28,36)(H,29,32,33). The molecule has 227 valence electrons. The van der Waals surface area contributed by atoms with E-state index < -0.39 is 30.3 Å². The number of rotatable bonds is 12. The summed E-state index contributed by atoms with van der Waals surface area (Å²) in [6.45, 7) is 11.5. The highest BCUT2D eigenvalue weighted by Gasteiger charge is 2.20. The number of amides is 1. The van der Waals surface area contributed by atoms with Gasteiger partial charge in [0.2, 0.25) is 15.8 Å². The number of nitrogens with one attached hydrogen (secondary N) is 2. The van der Waals surface area contributed by atoms with Crippen LogP contribution in [0.5, 0.6) is 0 Å². The van der Waals surface area contributed by atoms with E-state index in [1.54, 1.807) is 0 Å². The average molecular weight is 681 g/mol. The SMILES string of the molecule is C[Si](C)CCOCn1c(CNc2nc(S(C)(=O)=O)nc3c(Br)cnn23)nc2ccc(CCNC(=O)OC(C)(C)C)cc21. The Bertz CT molecular complexity index is 1680. The predicted molar refractivity (Wildman–Crippen MR) is 165 cm³/mol. The molecular weight excluding hydrogens is 644 g/mol. The number of imidazole rings is 1. The largest absolute Gasteiger partial charge is 0.444 e. The molecule has 0 bridgehead atoms. The second-order valence-corrected chi connectivity index (χ2v) is 16.8. The number of halogens is 1. The first-order valence-corrected chi connectivity index (χ1v) is 18.8. The second-order valence-electron chi connectivity index (χ2n) is 11.1. The Balaban J connectivity index is 1.59. The van der Waals surface area contributed by atoms with Gasteiger partial charge in [0.1, 0.15) is 18.2 Å². The maximum Gasteiger partial charge on any atom is 0.407 e. The number of alkyl carbamates (subject to hydrolysis) is 1. The summed E-state index contributed by atoms with van der Waals surface area (Å²) < 4.78 is 39.8. The van der Waals surface area contributed by atoms with Gasteiger partial charge in [0, 0.05) is 28.2 Å². The molecule has 3 aromatic heterocycles. The first kappa shape index (κ1) is 31.8. The van der Waals surface area contributed by atoms with Gasteiger partial charge in [-0.05, 0) is 66.9 Å². The van der Waals surface area contributed by atoms with Crippen molar-refractivity contribution in [1.29, 1.82) is 0 Å². The molecule has 0 aliphatic carbocycles. The van der Waals surface area contributed by atoms with Crippen LogP contribution in [0.3, 0.4) is 0 Å². The number of nitrogens with zero attached hydrogens (tertiary/aromatic N) is 6. The molecule has 1 aromatic carbocycles. The number of carbonyl (C=O) groups is 1. The van der Waals surface area contributed by atoms with Crippen LogP contribution in [-0.2, 0) is 39.0 Å². The Hall–Kier alpha value is -3.08. The summed E-state index contributed by atoms with van der Waals surface area (Å²) in [5.74, 6) is 0.884. The van der Waals surface area contributed by atoms with Gasteiger partial charge in [0.15, 0.2) is 5.65 Å². The average Bonchev–Trinajstić information content (AvgIpc) is 3.43. The molecule has 0 saturated heterocycles. The summed E-state index contributed by atoms with van der Waals surface area (Å²) in [4.78, 5) is 25.2. The monoisotopic (exact) mass is 679 g/mol. The lowest BCUT2D eigenvalue weighted by atomic mass is 10.1. The fraction of sp³-hybridized carbons (Fsp3) is 0.500. The van der Waals surface area contributed by atoms with E-state index in [0.717, 1.165) is 28.9 Å². The summed E-state index contributed by atoms with van der Waals surface area (Å²) >= 11 is 3.37. The van der Waals surface area contributed by atoms with Crippen molar-refractivity contribution in [2.24, 2.45) is 0 Å². The first-order chi connectivity index (χ1) is 19.7. The van der Waals surface area contributed by atoms with E-state index in [1.165, 1.54) is 10.7 Å². The van der Waals surface area contributed by atoms with Gasteiger partial charge in [0.05, 0.1) is 28.2 Å². The molecule has 0 aliphatic heterocycles. The highest BCUT2D eigenvalue weighted by atomic mass is 79.9. The zero-order valence-corrected chi connectivity index (χ0v) is 28.0. The molecule has 0 spiro atoms. The van der Waals surface area contributed by atoms with Crippen molar-refractivity contribution in [1.82, 2.24) is 34.4 Å². The molecule has 42 heavy (non-hydrogen) atoms. The smallest absolute Gasteiger partial charge is 0.407 e. The summed E-state index contributed by atoms with van der Waals surface area (Å²) in [6.07, 6.45) is 2.74. The second kappa shape index (κ2) is 13.1. The minimum atomic E-state index is -3.67. The summed E-state index contributed by atoms with van der Waals surface area (Å²) in [5, 5.41) is 9.94. The molecule has 0 fully saturated rings. The van der Waals surface area contributed by atoms with Crippen LogP contribution in [0.4, 0.5) is 10.7 Å². The van der Waals surface area contributed by atoms with E-state index >= 15 is 0 Å². The topological polar surface area (TPSA) is 155 Å². The van der Waals surface area contributed by atoms with E-state index in [1.807, 2.05) is 43.5 Å². The van der Waals surface area contributed by atoms with Crippen LogP contribution in [0.2, 0.25) is 19.1 Å². The van der Waals surface area contributed by atoms with Gasteiger partial charge in [-0.1, -0.05) is 19.2 Å². The zero-order valence-electron chi connectivity index (χ0n) is 24.6. The van der Waals surface area contributed by atoms with Gasteiger partial charge >= 0.3 is 6.09 Å². The van der Waals surface area contributed by atoms with Crippen LogP contribution in [0, 0.1) is 0 Å². The van der Waals surface area contributed by atoms with Gasteiger partial charge in [0.25, 0.3) is 5.16 Å². The van der Waals surface area contributed by atoms with Crippen molar-refractivity contribution >= 4 is 63.3 Å². The van der Waals surface area contributed by atoms with E-state index in [4.69, 9.17) is 14.5 Å². The lowest BCUT2D eigenvalue weighted by Crippen LogP contribution is -2.33.